The molecule has 1 N–H and O–H groups in total. The highest BCUT2D eigenvalue weighted by molar-refractivity contribution is 5.71. The van der Waals surface area contributed by atoms with Crippen LogP contribution < -0.4 is 10.1 Å². The van der Waals surface area contributed by atoms with E-state index in [-0.39, 0.29) is 18.3 Å². The van der Waals surface area contributed by atoms with E-state index in [1.165, 1.54) is 18.2 Å². The number of benzene rings is 2. The van der Waals surface area contributed by atoms with Crippen LogP contribution in [0, 0.1) is 11.6 Å². The third-order valence-electron chi connectivity index (χ3n) is 4.91. The normalized spacial score (nSPS) is 17.7. The zero-order valence-electron chi connectivity index (χ0n) is 16.3. The fourth-order valence-electron chi connectivity index (χ4n) is 3.55. The van der Waals surface area contributed by atoms with Crippen molar-refractivity contribution in [3.05, 3.63) is 95.0 Å². The zero-order chi connectivity index (χ0) is 20.4. The van der Waals surface area contributed by atoms with E-state index < -0.39 is 11.6 Å². The molecule has 0 amide bonds. The molecule has 4 nitrogen and oxygen atoms in total. The predicted molar refractivity (Wildman–Crippen MR) is 107 cm³/mol. The second kappa shape index (κ2) is 7.99. The molecule has 6 heteroatoms. The summed E-state index contributed by atoms with van der Waals surface area (Å²) >= 11 is 0. The van der Waals surface area contributed by atoms with Crippen molar-refractivity contribution >= 4 is 5.70 Å². The lowest BCUT2D eigenvalue weighted by Gasteiger charge is -2.30. The van der Waals surface area contributed by atoms with E-state index in [2.05, 4.69) is 10.2 Å². The molecule has 2 heterocycles. The highest BCUT2D eigenvalue weighted by Gasteiger charge is 2.34. The molecule has 0 fully saturated rings. The molecular weight excluding hydrogens is 374 g/mol. The summed E-state index contributed by atoms with van der Waals surface area (Å²) in [4.78, 5) is 2.05. The standard InChI is InChI=1S/C23H22F2N2O2/c1-3-28-17-11-9-16(10-12-17)22-15(2)26-23-21(8-5-13-27(22)23)29-14-18-19(24)6-4-7-20(18)25/h4-13,23,26H,3,14H2,1-2H3. The van der Waals surface area contributed by atoms with Gasteiger partial charge in [-0.15, -0.1) is 0 Å². The molecule has 0 saturated heterocycles. The van der Waals surface area contributed by atoms with Crippen LogP contribution in [0.4, 0.5) is 8.78 Å². The van der Waals surface area contributed by atoms with Crippen LogP contribution in [-0.2, 0) is 11.3 Å². The van der Waals surface area contributed by atoms with Crippen LogP contribution in [0.5, 0.6) is 5.75 Å². The Hall–Kier alpha value is -3.28. The SMILES string of the molecule is CCOc1ccc(C2=C(C)NC3C(OCc4c(F)cccc4F)=CC=CN23)cc1. The molecule has 2 aromatic rings. The number of fused-ring (bicyclic) bond motifs is 1. The average Bonchev–Trinajstić information content (AvgIpc) is 3.05. The molecule has 2 aromatic carbocycles. The summed E-state index contributed by atoms with van der Waals surface area (Å²) < 4.78 is 39.1. The van der Waals surface area contributed by atoms with Gasteiger partial charge in [-0.25, -0.2) is 8.78 Å². The van der Waals surface area contributed by atoms with E-state index in [1.807, 2.05) is 50.4 Å². The monoisotopic (exact) mass is 396 g/mol. The van der Waals surface area contributed by atoms with Crippen LogP contribution in [-0.4, -0.2) is 17.7 Å². The van der Waals surface area contributed by atoms with Gasteiger partial charge in [0, 0.05) is 17.5 Å². The third-order valence-corrected chi connectivity index (χ3v) is 4.91. The molecule has 0 aromatic heterocycles. The maximum atomic E-state index is 13.9. The Bertz CT molecular complexity index is 976. The number of nitrogens with zero attached hydrogens (tertiary/aromatic N) is 1. The quantitative estimate of drug-likeness (QED) is 0.752. The Labute approximate surface area is 168 Å². The summed E-state index contributed by atoms with van der Waals surface area (Å²) in [5.74, 6) is 0.188. The number of nitrogens with one attached hydrogen (secondary N) is 1. The predicted octanol–water partition coefficient (Wildman–Crippen LogP) is 4.91. The largest absolute Gasteiger partial charge is 0.494 e. The van der Waals surface area contributed by atoms with Gasteiger partial charge in [0.25, 0.3) is 0 Å². The lowest BCUT2D eigenvalue weighted by atomic mass is 10.1. The molecule has 1 atom stereocenters. The van der Waals surface area contributed by atoms with Crippen molar-refractivity contribution in [1.82, 2.24) is 10.2 Å². The van der Waals surface area contributed by atoms with Crippen molar-refractivity contribution in [2.24, 2.45) is 0 Å². The van der Waals surface area contributed by atoms with Gasteiger partial charge < -0.3 is 19.7 Å². The molecule has 29 heavy (non-hydrogen) atoms. The summed E-state index contributed by atoms with van der Waals surface area (Å²) in [6, 6.07) is 11.7. The highest BCUT2D eigenvalue weighted by atomic mass is 19.1. The Balaban J connectivity index is 1.52. The maximum absolute atomic E-state index is 13.9. The molecule has 0 saturated carbocycles. The average molecular weight is 396 g/mol. The van der Waals surface area contributed by atoms with E-state index in [1.54, 1.807) is 6.08 Å². The summed E-state index contributed by atoms with van der Waals surface area (Å²) in [7, 11) is 0. The first-order valence-corrected chi connectivity index (χ1v) is 9.51. The number of halogens is 2. The molecular formula is C23H22F2N2O2. The van der Waals surface area contributed by atoms with E-state index in [9.17, 15) is 8.78 Å². The van der Waals surface area contributed by atoms with Crippen molar-refractivity contribution in [3.8, 4) is 5.75 Å². The molecule has 2 aliphatic rings. The topological polar surface area (TPSA) is 33.7 Å². The number of ether oxygens (including phenoxy) is 2. The molecule has 1 unspecified atom stereocenters. The fraction of sp³-hybridized carbons (Fsp3) is 0.217. The second-order valence-corrected chi connectivity index (χ2v) is 6.78. The van der Waals surface area contributed by atoms with Gasteiger partial charge in [-0.3, -0.25) is 0 Å². The van der Waals surface area contributed by atoms with E-state index >= 15 is 0 Å². The Morgan fingerprint density at radius 2 is 1.76 bits per heavy atom. The van der Waals surface area contributed by atoms with E-state index in [0.29, 0.717) is 12.4 Å². The minimum atomic E-state index is -0.613. The Morgan fingerprint density at radius 3 is 2.45 bits per heavy atom. The second-order valence-electron chi connectivity index (χ2n) is 6.78. The molecule has 0 aliphatic carbocycles. The molecule has 0 radical (unpaired) electrons. The lowest BCUT2D eigenvalue weighted by Crippen LogP contribution is -2.37. The lowest BCUT2D eigenvalue weighted by molar-refractivity contribution is 0.145. The van der Waals surface area contributed by atoms with Gasteiger partial charge in [-0.1, -0.05) is 6.07 Å². The van der Waals surface area contributed by atoms with Gasteiger partial charge in [-0.05, 0) is 62.4 Å². The first kappa shape index (κ1) is 19.1. The summed E-state index contributed by atoms with van der Waals surface area (Å²) in [5, 5.41) is 3.40. The van der Waals surface area contributed by atoms with Crippen molar-refractivity contribution in [2.45, 2.75) is 26.6 Å². The minimum absolute atomic E-state index is 0.0797. The van der Waals surface area contributed by atoms with Gasteiger partial charge in [0.05, 0.1) is 17.9 Å². The van der Waals surface area contributed by atoms with Crippen LogP contribution in [0.15, 0.2) is 72.3 Å². The summed E-state index contributed by atoms with van der Waals surface area (Å²) in [5.41, 5.74) is 2.95. The van der Waals surface area contributed by atoms with Crippen LogP contribution >= 0.6 is 0 Å². The minimum Gasteiger partial charge on any atom is -0.494 e. The van der Waals surface area contributed by atoms with Gasteiger partial charge in [0.2, 0.25) is 0 Å². The van der Waals surface area contributed by atoms with Crippen molar-refractivity contribution in [3.63, 3.8) is 0 Å². The van der Waals surface area contributed by atoms with Gasteiger partial charge >= 0.3 is 0 Å². The van der Waals surface area contributed by atoms with Crippen LogP contribution in [0.2, 0.25) is 0 Å². The first-order valence-electron chi connectivity index (χ1n) is 9.51. The number of hydrogen-bond donors (Lipinski definition) is 1. The summed E-state index contributed by atoms with van der Waals surface area (Å²) in [6.45, 7) is 4.38. The van der Waals surface area contributed by atoms with Crippen LogP contribution in [0.25, 0.3) is 5.70 Å². The van der Waals surface area contributed by atoms with Crippen LogP contribution in [0.1, 0.15) is 25.0 Å². The smallest absolute Gasteiger partial charge is 0.162 e. The zero-order valence-corrected chi connectivity index (χ0v) is 16.3. The van der Waals surface area contributed by atoms with Crippen molar-refractivity contribution in [2.75, 3.05) is 6.61 Å². The molecule has 150 valence electrons. The fourth-order valence-corrected chi connectivity index (χ4v) is 3.55. The third kappa shape index (κ3) is 3.70. The highest BCUT2D eigenvalue weighted by Crippen LogP contribution is 2.35. The van der Waals surface area contributed by atoms with Crippen molar-refractivity contribution in [1.29, 1.82) is 0 Å². The molecule has 4 rings (SSSR count). The van der Waals surface area contributed by atoms with Gasteiger partial charge in [0.1, 0.15) is 29.8 Å². The van der Waals surface area contributed by atoms with Gasteiger partial charge in [-0.2, -0.15) is 0 Å². The summed E-state index contributed by atoms with van der Waals surface area (Å²) in [6.07, 6.45) is 5.35. The van der Waals surface area contributed by atoms with E-state index in [0.717, 1.165) is 22.7 Å². The molecule has 2 aliphatic heterocycles. The first-order chi connectivity index (χ1) is 14.1. The molecule has 0 bridgehead atoms. The number of allylic oxidation sites excluding steroid dienone is 3. The van der Waals surface area contributed by atoms with Crippen molar-refractivity contribution < 1.29 is 18.3 Å². The van der Waals surface area contributed by atoms with Gasteiger partial charge in [0.15, 0.2) is 6.17 Å². The van der Waals surface area contributed by atoms with E-state index in [4.69, 9.17) is 9.47 Å². The number of rotatable bonds is 6. The Morgan fingerprint density at radius 1 is 1.03 bits per heavy atom. The maximum Gasteiger partial charge on any atom is 0.162 e. The van der Waals surface area contributed by atoms with Crippen LogP contribution in [0.3, 0.4) is 0 Å². The number of hydrogen-bond acceptors (Lipinski definition) is 4. The molecule has 0 spiro atoms. The Kier molecular flexibility index (Phi) is 5.25.